The summed E-state index contributed by atoms with van der Waals surface area (Å²) in [6, 6.07) is 11.5. The molecule has 0 aliphatic carbocycles. The van der Waals surface area contributed by atoms with Gasteiger partial charge in [0.2, 0.25) is 5.91 Å². The van der Waals surface area contributed by atoms with E-state index in [0.717, 1.165) is 37.9 Å². The van der Waals surface area contributed by atoms with E-state index in [1.165, 1.54) is 17.7 Å². The van der Waals surface area contributed by atoms with Gasteiger partial charge in [-0.15, -0.1) is 11.3 Å². The molecule has 1 aliphatic heterocycles. The fourth-order valence-corrected chi connectivity index (χ4v) is 4.98. The molecular weight excluding hydrogens is 446 g/mol. The van der Waals surface area contributed by atoms with Crippen molar-refractivity contribution in [3.8, 4) is 10.6 Å². The van der Waals surface area contributed by atoms with Crippen LogP contribution in [0, 0.1) is 0 Å². The lowest BCUT2D eigenvalue weighted by atomic mass is 10.1. The van der Waals surface area contributed by atoms with Crippen LogP contribution in [0.5, 0.6) is 0 Å². The van der Waals surface area contributed by atoms with Gasteiger partial charge in [0, 0.05) is 31.2 Å². The zero-order valence-electron chi connectivity index (χ0n) is 17.5. The number of carbonyl (C=O) groups excluding carboxylic acids is 1. The largest absolute Gasteiger partial charge is 0.383 e. The minimum Gasteiger partial charge on any atom is -0.383 e. The SMILES string of the molecule is C[C@H]1C(=O)N(Cc2ccc3c(N)ncnc3c2)CCN1Cn1ccc(-c2ccc(Cl)s2)n1. The lowest BCUT2D eigenvalue weighted by molar-refractivity contribution is -0.142. The van der Waals surface area contributed by atoms with Gasteiger partial charge < -0.3 is 10.6 Å². The molecule has 0 saturated carbocycles. The number of hydrogen-bond donors (Lipinski definition) is 1. The van der Waals surface area contributed by atoms with E-state index in [1.807, 2.05) is 59.1 Å². The summed E-state index contributed by atoms with van der Waals surface area (Å²) in [6.45, 7) is 4.48. The Balaban J connectivity index is 1.25. The lowest BCUT2D eigenvalue weighted by Crippen LogP contribution is -2.55. The van der Waals surface area contributed by atoms with Crippen molar-refractivity contribution in [2.75, 3.05) is 18.8 Å². The number of halogens is 1. The third kappa shape index (κ3) is 4.06. The van der Waals surface area contributed by atoms with Crippen LogP contribution >= 0.6 is 22.9 Å². The monoisotopic (exact) mass is 467 g/mol. The van der Waals surface area contributed by atoms with E-state index in [-0.39, 0.29) is 11.9 Å². The highest BCUT2D eigenvalue weighted by molar-refractivity contribution is 7.19. The first kappa shape index (κ1) is 20.9. The summed E-state index contributed by atoms with van der Waals surface area (Å²) in [5.74, 6) is 0.569. The van der Waals surface area contributed by atoms with Crippen LogP contribution in [0.2, 0.25) is 4.34 Å². The summed E-state index contributed by atoms with van der Waals surface area (Å²) < 4.78 is 2.61. The number of fused-ring (bicyclic) bond motifs is 1. The molecule has 1 aromatic carbocycles. The maximum atomic E-state index is 13.1. The number of benzene rings is 1. The Morgan fingerprint density at radius 3 is 2.88 bits per heavy atom. The Kier molecular flexibility index (Phi) is 5.54. The van der Waals surface area contributed by atoms with Gasteiger partial charge in [-0.25, -0.2) is 9.97 Å². The molecule has 0 unspecified atom stereocenters. The van der Waals surface area contributed by atoms with Gasteiger partial charge in [0.15, 0.2) is 0 Å². The van der Waals surface area contributed by atoms with E-state index in [2.05, 4.69) is 20.0 Å². The molecule has 0 spiro atoms. The molecule has 8 nitrogen and oxygen atoms in total. The molecular formula is C22H22ClN7OS. The van der Waals surface area contributed by atoms with Gasteiger partial charge in [-0.05, 0) is 42.8 Å². The van der Waals surface area contributed by atoms with Crippen LogP contribution in [-0.4, -0.2) is 54.6 Å². The number of nitrogen functional groups attached to an aromatic ring is 1. The number of rotatable bonds is 5. The second-order valence-electron chi connectivity index (χ2n) is 7.84. The van der Waals surface area contributed by atoms with Crippen molar-refractivity contribution in [1.82, 2.24) is 29.5 Å². The number of thiophene rings is 1. The van der Waals surface area contributed by atoms with Crippen LogP contribution in [0.3, 0.4) is 0 Å². The van der Waals surface area contributed by atoms with E-state index in [9.17, 15) is 4.79 Å². The number of anilines is 1. The fraction of sp³-hybridized carbons (Fsp3) is 0.273. The van der Waals surface area contributed by atoms with Crippen molar-refractivity contribution >= 4 is 45.6 Å². The highest BCUT2D eigenvalue weighted by atomic mass is 35.5. The van der Waals surface area contributed by atoms with Gasteiger partial charge in [-0.1, -0.05) is 17.7 Å². The van der Waals surface area contributed by atoms with Gasteiger partial charge in [-0.2, -0.15) is 5.10 Å². The van der Waals surface area contributed by atoms with Crippen molar-refractivity contribution in [1.29, 1.82) is 0 Å². The van der Waals surface area contributed by atoms with E-state index in [0.29, 0.717) is 25.6 Å². The summed E-state index contributed by atoms with van der Waals surface area (Å²) in [5.41, 5.74) is 8.61. The molecule has 5 rings (SSSR count). The lowest BCUT2D eigenvalue weighted by Gasteiger charge is -2.39. The molecule has 10 heteroatoms. The van der Waals surface area contributed by atoms with Crippen LogP contribution in [0.4, 0.5) is 5.82 Å². The maximum Gasteiger partial charge on any atom is 0.240 e. The van der Waals surface area contributed by atoms with Crippen LogP contribution in [0.25, 0.3) is 21.5 Å². The summed E-state index contributed by atoms with van der Waals surface area (Å²) in [4.78, 5) is 26.5. The number of nitrogens with zero attached hydrogens (tertiary/aromatic N) is 6. The first-order valence-corrected chi connectivity index (χ1v) is 11.5. The van der Waals surface area contributed by atoms with E-state index < -0.39 is 0 Å². The molecule has 1 fully saturated rings. The molecule has 164 valence electrons. The smallest absolute Gasteiger partial charge is 0.240 e. The topological polar surface area (TPSA) is 93.2 Å². The standard InChI is InChI=1S/C22H22ClN7OS/c1-14-22(31)28(11-15-2-3-16-18(10-15)25-12-26-21(16)24)8-9-29(14)13-30-7-6-17(27-30)19-4-5-20(23)32-19/h2-7,10,12,14H,8-9,11,13H2,1H3,(H2,24,25,26)/t14-/m0/s1. The van der Waals surface area contributed by atoms with Crippen molar-refractivity contribution < 1.29 is 4.79 Å². The second-order valence-corrected chi connectivity index (χ2v) is 9.56. The summed E-state index contributed by atoms with van der Waals surface area (Å²) in [7, 11) is 0. The van der Waals surface area contributed by atoms with E-state index in [1.54, 1.807) is 0 Å². The third-order valence-corrected chi connectivity index (χ3v) is 7.03. The molecule has 2 N–H and O–H groups in total. The number of nitrogens with two attached hydrogens (primary N) is 1. The highest BCUT2D eigenvalue weighted by Gasteiger charge is 2.31. The van der Waals surface area contributed by atoms with Crippen molar-refractivity contribution in [2.24, 2.45) is 0 Å². The van der Waals surface area contributed by atoms with Crippen LogP contribution in [0.1, 0.15) is 12.5 Å². The first-order valence-electron chi connectivity index (χ1n) is 10.3. The molecule has 1 amide bonds. The minimum atomic E-state index is -0.231. The van der Waals surface area contributed by atoms with Crippen molar-refractivity contribution in [3.05, 3.63) is 58.8 Å². The van der Waals surface area contributed by atoms with Crippen molar-refractivity contribution in [2.45, 2.75) is 26.2 Å². The average molecular weight is 468 g/mol. The Morgan fingerprint density at radius 1 is 1.19 bits per heavy atom. The van der Waals surface area contributed by atoms with Gasteiger partial charge in [-0.3, -0.25) is 14.4 Å². The van der Waals surface area contributed by atoms with Crippen LogP contribution < -0.4 is 5.73 Å². The zero-order chi connectivity index (χ0) is 22.2. The third-order valence-electron chi connectivity index (χ3n) is 5.77. The predicted molar refractivity (Wildman–Crippen MR) is 126 cm³/mol. The fourth-order valence-electron chi connectivity index (χ4n) is 3.98. The molecule has 1 atom stereocenters. The number of hydrogen-bond acceptors (Lipinski definition) is 7. The Morgan fingerprint density at radius 2 is 2.06 bits per heavy atom. The average Bonchev–Trinajstić information content (AvgIpc) is 3.42. The molecule has 0 bridgehead atoms. The number of amides is 1. The Bertz CT molecular complexity index is 1290. The molecule has 4 heterocycles. The van der Waals surface area contributed by atoms with Crippen molar-refractivity contribution in [3.63, 3.8) is 0 Å². The number of carbonyl (C=O) groups is 1. The first-order chi connectivity index (χ1) is 15.5. The van der Waals surface area contributed by atoms with Gasteiger partial charge in [0.1, 0.15) is 17.8 Å². The molecule has 0 radical (unpaired) electrons. The Hall–Kier alpha value is -3.01. The summed E-state index contributed by atoms with van der Waals surface area (Å²) in [5, 5.41) is 5.47. The predicted octanol–water partition coefficient (Wildman–Crippen LogP) is 3.48. The van der Waals surface area contributed by atoms with E-state index in [4.69, 9.17) is 17.3 Å². The van der Waals surface area contributed by atoms with Gasteiger partial charge >= 0.3 is 0 Å². The van der Waals surface area contributed by atoms with Gasteiger partial charge in [0.25, 0.3) is 0 Å². The zero-order valence-corrected chi connectivity index (χ0v) is 19.1. The molecule has 4 aromatic rings. The number of piperazine rings is 1. The molecule has 32 heavy (non-hydrogen) atoms. The quantitative estimate of drug-likeness (QED) is 0.483. The summed E-state index contributed by atoms with van der Waals surface area (Å²) in [6.07, 6.45) is 3.40. The van der Waals surface area contributed by atoms with Crippen LogP contribution in [0.15, 0.2) is 48.9 Å². The highest BCUT2D eigenvalue weighted by Crippen LogP contribution is 2.29. The van der Waals surface area contributed by atoms with Gasteiger partial charge in [0.05, 0.1) is 27.4 Å². The molecule has 3 aromatic heterocycles. The second kappa shape index (κ2) is 8.50. The molecule has 1 saturated heterocycles. The summed E-state index contributed by atoms with van der Waals surface area (Å²) >= 11 is 7.54. The van der Waals surface area contributed by atoms with E-state index >= 15 is 0 Å². The van der Waals surface area contributed by atoms with Crippen LogP contribution in [-0.2, 0) is 18.0 Å². The Labute approximate surface area is 194 Å². The normalized spacial score (nSPS) is 17.4. The number of aromatic nitrogens is 4. The maximum absolute atomic E-state index is 13.1. The minimum absolute atomic E-state index is 0.107. The molecule has 1 aliphatic rings.